The molecule has 0 fully saturated rings. The highest BCUT2D eigenvalue weighted by Crippen LogP contribution is 2.15. The molecule has 0 unspecified atom stereocenters. The summed E-state index contributed by atoms with van der Waals surface area (Å²) in [6, 6.07) is 14.4. The van der Waals surface area contributed by atoms with Crippen LogP contribution < -0.4 is 10.9 Å². The van der Waals surface area contributed by atoms with Gasteiger partial charge in [0, 0.05) is 23.3 Å². The number of fused-ring (bicyclic) bond motifs is 1. The topological polar surface area (TPSA) is 117 Å². The minimum atomic E-state index is -1.23. The minimum absolute atomic E-state index is 0.0394. The van der Waals surface area contributed by atoms with Crippen LogP contribution in [0, 0.1) is 4.77 Å². The summed E-state index contributed by atoms with van der Waals surface area (Å²) >= 11 is 11.2. The van der Waals surface area contributed by atoms with Crippen LogP contribution in [-0.4, -0.2) is 31.5 Å². The molecule has 8 nitrogen and oxygen atoms in total. The van der Waals surface area contributed by atoms with Gasteiger partial charge in [0.25, 0.3) is 11.5 Å². The van der Waals surface area contributed by atoms with Gasteiger partial charge in [0.05, 0.1) is 10.9 Å². The van der Waals surface area contributed by atoms with E-state index in [0.29, 0.717) is 22.6 Å². The van der Waals surface area contributed by atoms with Gasteiger partial charge in [0.2, 0.25) is 0 Å². The molecule has 0 aliphatic rings. The lowest BCUT2D eigenvalue weighted by atomic mass is 10.1. The quantitative estimate of drug-likeness (QED) is 0.386. The largest absolute Gasteiger partial charge is 0.478 e. The zero-order valence-electron chi connectivity index (χ0n) is 16.3. The lowest BCUT2D eigenvalue weighted by Gasteiger charge is -2.11. The van der Waals surface area contributed by atoms with Gasteiger partial charge in [-0.25, -0.2) is 14.3 Å². The lowest BCUT2D eigenvalue weighted by Crippen LogP contribution is -2.25. The number of carbonyl (C=O) groups is 2. The number of hydrogen-bond acceptors (Lipinski definition) is 5. The minimum Gasteiger partial charge on any atom is -0.478 e. The van der Waals surface area contributed by atoms with Crippen molar-refractivity contribution >= 4 is 46.6 Å². The van der Waals surface area contributed by atoms with Crippen LogP contribution in [0.15, 0.2) is 65.6 Å². The Morgan fingerprint density at radius 3 is 2.62 bits per heavy atom. The summed E-state index contributed by atoms with van der Waals surface area (Å²) in [7, 11) is 0. The van der Waals surface area contributed by atoms with E-state index in [1.165, 1.54) is 36.5 Å². The van der Waals surface area contributed by atoms with Crippen molar-refractivity contribution in [3.05, 3.63) is 97.6 Å². The number of halogens is 1. The molecule has 1 amide bonds. The average molecular weight is 467 g/mol. The van der Waals surface area contributed by atoms with E-state index < -0.39 is 11.5 Å². The first-order valence-electron chi connectivity index (χ1n) is 9.35. The molecule has 0 atom stereocenters. The van der Waals surface area contributed by atoms with Crippen molar-refractivity contribution < 1.29 is 14.7 Å². The number of nitrogens with one attached hydrogen (secondary N) is 2. The Labute approximate surface area is 191 Å². The van der Waals surface area contributed by atoms with Crippen molar-refractivity contribution in [1.82, 2.24) is 19.9 Å². The van der Waals surface area contributed by atoms with Crippen LogP contribution in [0.3, 0.4) is 0 Å². The predicted octanol–water partition coefficient (Wildman–Crippen LogP) is 3.72. The number of rotatable bonds is 5. The summed E-state index contributed by atoms with van der Waals surface area (Å²) < 4.78 is 0.990. The zero-order valence-corrected chi connectivity index (χ0v) is 17.9. The smallest absolute Gasteiger partial charge is 0.339 e. The number of amides is 1. The van der Waals surface area contributed by atoms with Crippen LogP contribution in [0.25, 0.3) is 16.7 Å². The van der Waals surface area contributed by atoms with Crippen molar-refractivity contribution in [2.45, 2.75) is 6.54 Å². The van der Waals surface area contributed by atoms with E-state index in [1.54, 1.807) is 12.1 Å². The second-order valence-electron chi connectivity index (χ2n) is 6.82. The summed E-state index contributed by atoms with van der Waals surface area (Å²) in [5.41, 5.74) is 0.863. The van der Waals surface area contributed by atoms with E-state index in [-0.39, 0.29) is 27.4 Å². The van der Waals surface area contributed by atoms with E-state index in [0.717, 1.165) is 10.1 Å². The number of carboxylic acids is 1. The first-order chi connectivity index (χ1) is 15.3. The van der Waals surface area contributed by atoms with Gasteiger partial charge in [0.15, 0.2) is 10.6 Å². The normalized spacial score (nSPS) is 10.8. The molecule has 2 aromatic carbocycles. The van der Waals surface area contributed by atoms with Gasteiger partial charge in [0.1, 0.15) is 5.56 Å². The fourth-order valence-electron chi connectivity index (χ4n) is 3.18. The first-order valence-corrected chi connectivity index (χ1v) is 10.1. The number of aromatic nitrogens is 3. The highest BCUT2D eigenvalue weighted by atomic mass is 35.5. The molecule has 0 saturated heterocycles. The second-order valence-corrected chi connectivity index (χ2v) is 7.64. The Balaban J connectivity index is 1.69. The third kappa shape index (κ3) is 4.16. The second kappa shape index (κ2) is 8.74. The highest BCUT2D eigenvalue weighted by molar-refractivity contribution is 7.71. The fraction of sp³-hybridized carbons (Fsp3) is 0.0455. The SMILES string of the molecule is O=C(NCc1ccc(Cl)cc1)c1ccc2c(=O)n(-c3ncccc3C(=O)O)c(=S)[nH]c2c1. The molecule has 160 valence electrons. The van der Waals surface area contributed by atoms with Gasteiger partial charge in [-0.05, 0) is 60.2 Å². The number of aromatic amines is 1. The van der Waals surface area contributed by atoms with Gasteiger partial charge in [-0.2, -0.15) is 0 Å². The Morgan fingerprint density at radius 1 is 1.16 bits per heavy atom. The maximum absolute atomic E-state index is 13.1. The van der Waals surface area contributed by atoms with Crippen molar-refractivity contribution in [3.63, 3.8) is 0 Å². The molecule has 4 rings (SSSR count). The summed E-state index contributed by atoms with van der Waals surface area (Å²) in [5.74, 6) is -1.65. The number of carbonyl (C=O) groups excluding carboxylic acids is 1. The van der Waals surface area contributed by atoms with E-state index in [4.69, 9.17) is 23.8 Å². The molecule has 0 radical (unpaired) electrons. The van der Waals surface area contributed by atoms with Gasteiger partial charge in [-0.1, -0.05) is 23.7 Å². The van der Waals surface area contributed by atoms with E-state index in [2.05, 4.69) is 15.3 Å². The number of aromatic carboxylic acids is 1. The predicted molar refractivity (Wildman–Crippen MR) is 122 cm³/mol. The zero-order chi connectivity index (χ0) is 22.8. The van der Waals surface area contributed by atoms with Crippen LogP contribution in [0.4, 0.5) is 0 Å². The third-order valence-electron chi connectivity index (χ3n) is 4.76. The van der Waals surface area contributed by atoms with Crippen LogP contribution in [-0.2, 0) is 6.54 Å². The Kier molecular flexibility index (Phi) is 5.85. The molecule has 2 heterocycles. The maximum atomic E-state index is 13.1. The molecular formula is C22H15ClN4O4S. The third-order valence-corrected chi connectivity index (χ3v) is 5.29. The van der Waals surface area contributed by atoms with Crippen LogP contribution in [0.5, 0.6) is 0 Å². The molecule has 0 saturated carbocycles. The maximum Gasteiger partial charge on any atom is 0.339 e. The number of nitrogens with zero attached hydrogens (tertiary/aromatic N) is 2. The van der Waals surface area contributed by atoms with E-state index in [1.807, 2.05) is 12.1 Å². The number of hydrogen-bond donors (Lipinski definition) is 3. The molecule has 32 heavy (non-hydrogen) atoms. The van der Waals surface area contributed by atoms with Crippen LogP contribution >= 0.6 is 23.8 Å². The Hall–Kier alpha value is -3.82. The lowest BCUT2D eigenvalue weighted by molar-refractivity contribution is 0.0696. The molecule has 4 aromatic rings. The summed E-state index contributed by atoms with van der Waals surface area (Å²) in [4.78, 5) is 44.1. The van der Waals surface area contributed by atoms with Crippen molar-refractivity contribution in [1.29, 1.82) is 0 Å². The monoisotopic (exact) mass is 466 g/mol. The van der Waals surface area contributed by atoms with Crippen molar-refractivity contribution in [3.8, 4) is 5.82 Å². The van der Waals surface area contributed by atoms with Gasteiger partial charge < -0.3 is 15.4 Å². The standard InChI is InChI=1S/C22H15ClN4O4S/c23-14-6-3-12(4-7-14)11-25-19(28)13-5-8-15-17(10-13)26-22(32)27(20(15)29)18-16(21(30)31)2-1-9-24-18/h1-10H,11H2,(H,25,28)(H,26,32)(H,30,31). The molecule has 0 aliphatic carbocycles. The molecule has 2 aromatic heterocycles. The number of pyridine rings is 1. The number of H-pyrrole nitrogens is 1. The highest BCUT2D eigenvalue weighted by Gasteiger charge is 2.17. The van der Waals surface area contributed by atoms with Gasteiger partial charge in [-0.15, -0.1) is 0 Å². The van der Waals surface area contributed by atoms with Crippen molar-refractivity contribution in [2.24, 2.45) is 0 Å². The van der Waals surface area contributed by atoms with Crippen molar-refractivity contribution in [2.75, 3.05) is 0 Å². The molecule has 0 spiro atoms. The number of carboxylic acid groups (broad SMARTS) is 1. The molecule has 0 bridgehead atoms. The summed E-state index contributed by atoms with van der Waals surface area (Å²) in [6.45, 7) is 0.309. The van der Waals surface area contributed by atoms with Gasteiger partial charge in [-0.3, -0.25) is 9.59 Å². The summed E-state index contributed by atoms with van der Waals surface area (Å²) in [5, 5.41) is 13.1. The summed E-state index contributed by atoms with van der Waals surface area (Å²) in [6.07, 6.45) is 1.38. The Morgan fingerprint density at radius 2 is 1.91 bits per heavy atom. The molecular weight excluding hydrogens is 452 g/mol. The molecule has 3 N–H and O–H groups in total. The van der Waals surface area contributed by atoms with E-state index >= 15 is 0 Å². The fourth-order valence-corrected chi connectivity index (χ4v) is 3.59. The van der Waals surface area contributed by atoms with E-state index in [9.17, 15) is 19.5 Å². The molecule has 10 heteroatoms. The Bertz CT molecular complexity index is 1480. The number of benzene rings is 2. The van der Waals surface area contributed by atoms with Gasteiger partial charge >= 0.3 is 5.97 Å². The molecule has 0 aliphatic heterocycles. The van der Waals surface area contributed by atoms with Crippen LogP contribution in [0.1, 0.15) is 26.3 Å². The average Bonchev–Trinajstić information content (AvgIpc) is 2.78. The first kappa shape index (κ1) is 21.4. The van der Waals surface area contributed by atoms with Crippen LogP contribution in [0.2, 0.25) is 5.02 Å².